The lowest BCUT2D eigenvalue weighted by Gasteiger charge is -2.04. The highest BCUT2D eigenvalue weighted by molar-refractivity contribution is 14.1. The van der Waals surface area contributed by atoms with Gasteiger partial charge in [-0.25, -0.2) is 4.39 Å². The minimum atomic E-state index is -1.01. The molecule has 0 saturated carbocycles. The Morgan fingerprint density at radius 3 is 2.80 bits per heavy atom. The number of carbonyl (C=O) groups excluding carboxylic acids is 1. The Morgan fingerprint density at radius 1 is 1.60 bits per heavy atom. The molecule has 1 aromatic carbocycles. The minimum Gasteiger partial charge on any atom is -0.481 e. The number of carboxylic acids is 1. The minimum absolute atomic E-state index is 0.201. The number of aldehydes is 1. The topological polar surface area (TPSA) is 54.4 Å². The van der Waals surface area contributed by atoms with Crippen molar-refractivity contribution in [2.45, 2.75) is 4.90 Å². The van der Waals surface area contributed by atoms with Crippen LogP contribution in [0.5, 0.6) is 0 Å². The number of halogens is 2. The first-order valence-electron chi connectivity index (χ1n) is 3.84. The molecule has 0 unspecified atom stereocenters. The number of carboxylic acid groups (broad SMARTS) is 1. The van der Waals surface area contributed by atoms with Crippen molar-refractivity contribution in [2.24, 2.45) is 0 Å². The van der Waals surface area contributed by atoms with Gasteiger partial charge in [-0.05, 0) is 34.7 Å². The number of hydrogen-bond donors (Lipinski definition) is 1. The zero-order chi connectivity index (χ0) is 11.4. The van der Waals surface area contributed by atoms with Crippen molar-refractivity contribution in [3.63, 3.8) is 0 Å². The molecule has 0 aliphatic carbocycles. The lowest BCUT2D eigenvalue weighted by molar-refractivity contribution is -0.133. The first kappa shape index (κ1) is 12.4. The van der Waals surface area contributed by atoms with E-state index in [2.05, 4.69) is 0 Å². The molecule has 80 valence electrons. The van der Waals surface area contributed by atoms with Gasteiger partial charge in [0.1, 0.15) is 0 Å². The number of benzene rings is 1. The van der Waals surface area contributed by atoms with Crippen LogP contribution in [0.3, 0.4) is 0 Å². The average Bonchev–Trinajstić information content (AvgIpc) is 2.20. The molecule has 0 bridgehead atoms. The van der Waals surface area contributed by atoms with Gasteiger partial charge in [0.15, 0.2) is 12.1 Å². The van der Waals surface area contributed by atoms with Crippen LogP contribution in [0, 0.1) is 9.39 Å². The highest BCUT2D eigenvalue weighted by atomic mass is 127. The van der Waals surface area contributed by atoms with Crippen LogP contribution < -0.4 is 0 Å². The van der Waals surface area contributed by atoms with Crippen molar-refractivity contribution in [3.8, 4) is 0 Å². The van der Waals surface area contributed by atoms with Crippen LogP contribution in [0.2, 0.25) is 0 Å². The van der Waals surface area contributed by atoms with Crippen LogP contribution in [-0.2, 0) is 4.79 Å². The summed E-state index contributed by atoms with van der Waals surface area (Å²) in [5.41, 5.74) is 0.271. The van der Waals surface area contributed by atoms with E-state index in [1.54, 1.807) is 22.6 Å². The monoisotopic (exact) mass is 340 g/mol. The summed E-state index contributed by atoms with van der Waals surface area (Å²) in [5, 5.41) is 8.43. The Kier molecular flexibility index (Phi) is 4.52. The smallest absolute Gasteiger partial charge is 0.313 e. The van der Waals surface area contributed by atoms with E-state index in [0.717, 1.165) is 11.8 Å². The second-order valence-electron chi connectivity index (χ2n) is 2.58. The Balaban J connectivity index is 2.96. The fourth-order valence-corrected chi connectivity index (χ4v) is 2.34. The molecule has 0 saturated heterocycles. The lowest BCUT2D eigenvalue weighted by Crippen LogP contribution is -2.00. The van der Waals surface area contributed by atoms with Gasteiger partial charge in [0.2, 0.25) is 0 Å². The van der Waals surface area contributed by atoms with E-state index < -0.39 is 11.8 Å². The zero-order valence-electron chi connectivity index (χ0n) is 7.37. The molecule has 0 amide bonds. The van der Waals surface area contributed by atoms with Gasteiger partial charge >= 0.3 is 5.97 Å². The van der Waals surface area contributed by atoms with Gasteiger partial charge in [-0.15, -0.1) is 11.8 Å². The van der Waals surface area contributed by atoms with E-state index >= 15 is 0 Å². The standard InChI is InChI=1S/C9H6FIO3S/c10-8-6(15-4-7(13)14)2-1-5(3-12)9(8)11/h1-3H,4H2,(H,13,14). The molecule has 1 aromatic rings. The van der Waals surface area contributed by atoms with Gasteiger partial charge in [0, 0.05) is 10.5 Å². The summed E-state index contributed by atoms with van der Waals surface area (Å²) < 4.78 is 13.7. The summed E-state index contributed by atoms with van der Waals surface area (Å²) >= 11 is 2.61. The molecule has 1 N–H and O–H groups in total. The first-order valence-corrected chi connectivity index (χ1v) is 5.90. The van der Waals surface area contributed by atoms with Crippen LogP contribution in [0.25, 0.3) is 0 Å². The highest BCUT2D eigenvalue weighted by Gasteiger charge is 2.12. The highest BCUT2D eigenvalue weighted by Crippen LogP contribution is 2.26. The average molecular weight is 340 g/mol. The van der Waals surface area contributed by atoms with Crippen LogP contribution in [0.15, 0.2) is 17.0 Å². The van der Waals surface area contributed by atoms with Crippen LogP contribution in [-0.4, -0.2) is 23.1 Å². The number of carbonyl (C=O) groups is 2. The third kappa shape index (κ3) is 3.16. The summed E-state index contributed by atoms with van der Waals surface area (Å²) in [6.07, 6.45) is 0.566. The maximum Gasteiger partial charge on any atom is 0.313 e. The van der Waals surface area contributed by atoms with Crippen LogP contribution >= 0.6 is 34.4 Å². The molecule has 0 atom stereocenters. The first-order chi connectivity index (χ1) is 7.06. The van der Waals surface area contributed by atoms with Crippen molar-refractivity contribution in [2.75, 3.05) is 5.75 Å². The number of aliphatic carboxylic acids is 1. The number of rotatable bonds is 4. The molecule has 3 nitrogen and oxygen atoms in total. The third-order valence-electron chi connectivity index (χ3n) is 1.55. The molecular formula is C9H6FIO3S. The summed E-state index contributed by atoms with van der Waals surface area (Å²) in [6, 6.07) is 2.89. The zero-order valence-corrected chi connectivity index (χ0v) is 10.3. The van der Waals surface area contributed by atoms with E-state index in [0.29, 0.717) is 6.29 Å². The summed E-state index contributed by atoms with van der Waals surface area (Å²) in [6.45, 7) is 0. The molecule has 6 heteroatoms. The molecule has 0 fully saturated rings. The van der Waals surface area contributed by atoms with E-state index in [1.807, 2.05) is 0 Å². The molecule has 15 heavy (non-hydrogen) atoms. The van der Waals surface area contributed by atoms with Crippen molar-refractivity contribution in [1.82, 2.24) is 0 Å². The lowest BCUT2D eigenvalue weighted by atomic mass is 10.2. The Morgan fingerprint density at radius 2 is 2.27 bits per heavy atom. The molecule has 0 aliphatic heterocycles. The molecular weight excluding hydrogens is 334 g/mol. The van der Waals surface area contributed by atoms with Gasteiger partial charge in [-0.1, -0.05) is 0 Å². The van der Waals surface area contributed by atoms with Crippen LogP contribution in [0.4, 0.5) is 4.39 Å². The van der Waals surface area contributed by atoms with Crippen molar-refractivity contribution in [3.05, 3.63) is 27.1 Å². The third-order valence-corrected chi connectivity index (χ3v) is 3.67. The molecule has 0 radical (unpaired) electrons. The SMILES string of the molecule is O=Cc1ccc(SCC(=O)O)c(F)c1I. The quantitative estimate of drug-likeness (QED) is 0.520. The van der Waals surface area contributed by atoms with Crippen molar-refractivity contribution < 1.29 is 19.1 Å². The van der Waals surface area contributed by atoms with Crippen molar-refractivity contribution >= 4 is 46.6 Å². The van der Waals surface area contributed by atoms with Gasteiger partial charge in [-0.3, -0.25) is 9.59 Å². The summed E-state index contributed by atoms with van der Waals surface area (Å²) in [7, 11) is 0. The predicted octanol–water partition coefficient (Wildman–Crippen LogP) is 2.42. The molecule has 0 aliphatic rings. The maximum atomic E-state index is 13.5. The molecule has 0 aromatic heterocycles. The summed E-state index contributed by atoms with van der Waals surface area (Å²) in [4.78, 5) is 21.0. The van der Waals surface area contributed by atoms with Gasteiger partial charge in [-0.2, -0.15) is 0 Å². The van der Waals surface area contributed by atoms with E-state index in [1.165, 1.54) is 12.1 Å². The summed E-state index contributed by atoms with van der Waals surface area (Å²) in [5.74, 6) is -1.74. The van der Waals surface area contributed by atoms with E-state index in [-0.39, 0.29) is 19.8 Å². The maximum absolute atomic E-state index is 13.5. The second-order valence-corrected chi connectivity index (χ2v) is 4.68. The van der Waals surface area contributed by atoms with E-state index in [9.17, 15) is 14.0 Å². The van der Waals surface area contributed by atoms with Crippen LogP contribution in [0.1, 0.15) is 10.4 Å². The number of hydrogen-bond acceptors (Lipinski definition) is 3. The Labute approximate surface area is 103 Å². The van der Waals surface area contributed by atoms with E-state index in [4.69, 9.17) is 5.11 Å². The molecule has 0 heterocycles. The Hall–Kier alpha value is -0.630. The molecule has 0 spiro atoms. The van der Waals surface area contributed by atoms with Gasteiger partial charge < -0.3 is 5.11 Å². The Bertz CT molecular complexity index is 409. The van der Waals surface area contributed by atoms with Crippen molar-refractivity contribution in [1.29, 1.82) is 0 Å². The van der Waals surface area contributed by atoms with Gasteiger partial charge in [0.25, 0.3) is 0 Å². The predicted molar refractivity (Wildman–Crippen MR) is 62.9 cm³/mol. The molecule has 1 rings (SSSR count). The largest absolute Gasteiger partial charge is 0.481 e. The normalized spacial score (nSPS) is 10.0. The van der Waals surface area contributed by atoms with Gasteiger partial charge in [0.05, 0.1) is 9.32 Å². The fourth-order valence-electron chi connectivity index (χ4n) is 0.889. The number of thioether (sulfide) groups is 1. The second kappa shape index (κ2) is 5.45. The fraction of sp³-hybridized carbons (Fsp3) is 0.111.